The molecule has 1 fully saturated rings. The molecule has 2 aromatic carbocycles. The van der Waals surface area contributed by atoms with Gasteiger partial charge < -0.3 is 14.5 Å². The second-order valence-electron chi connectivity index (χ2n) is 6.46. The van der Waals surface area contributed by atoms with E-state index in [1.54, 1.807) is 0 Å². The van der Waals surface area contributed by atoms with Gasteiger partial charge in [0.25, 0.3) is 5.91 Å². The number of carbonyl (C=O) groups excluding carboxylic acids is 1. The maximum absolute atomic E-state index is 12.4. The van der Waals surface area contributed by atoms with Gasteiger partial charge in [-0.15, -0.1) is 0 Å². The van der Waals surface area contributed by atoms with Crippen molar-refractivity contribution in [2.45, 2.75) is 13.8 Å². The van der Waals surface area contributed by atoms with Crippen molar-refractivity contribution in [1.29, 1.82) is 0 Å². The van der Waals surface area contributed by atoms with Crippen LogP contribution in [0.2, 0.25) is 5.02 Å². The topological polar surface area (TPSA) is 32.8 Å². The molecular weight excluding hydrogens is 336 g/mol. The fraction of sp³-hybridized carbons (Fsp3) is 0.350. The molecule has 1 aliphatic heterocycles. The molecule has 0 unspecified atom stereocenters. The number of piperazine rings is 1. The third-order valence-electron chi connectivity index (χ3n) is 4.38. The molecule has 0 aromatic heterocycles. The first kappa shape index (κ1) is 17.6. The van der Waals surface area contributed by atoms with Crippen molar-refractivity contribution in [1.82, 2.24) is 4.90 Å². The molecule has 2 aromatic rings. The predicted molar refractivity (Wildman–Crippen MR) is 102 cm³/mol. The molecule has 3 rings (SSSR count). The fourth-order valence-corrected chi connectivity index (χ4v) is 3.24. The molecule has 0 aliphatic carbocycles. The van der Waals surface area contributed by atoms with E-state index in [4.69, 9.17) is 16.3 Å². The Labute approximate surface area is 154 Å². The Hall–Kier alpha value is -2.20. The van der Waals surface area contributed by atoms with Gasteiger partial charge in [0.1, 0.15) is 5.75 Å². The van der Waals surface area contributed by atoms with E-state index in [-0.39, 0.29) is 12.5 Å². The van der Waals surface area contributed by atoms with Crippen molar-refractivity contribution in [3.8, 4) is 5.75 Å². The number of benzene rings is 2. The summed E-state index contributed by atoms with van der Waals surface area (Å²) in [6.45, 7) is 7.18. The number of hydrogen-bond acceptors (Lipinski definition) is 3. The van der Waals surface area contributed by atoms with E-state index < -0.39 is 0 Å². The van der Waals surface area contributed by atoms with Crippen molar-refractivity contribution >= 4 is 23.2 Å². The number of nitrogens with zero attached hydrogens (tertiary/aromatic N) is 2. The van der Waals surface area contributed by atoms with Crippen molar-refractivity contribution in [3.63, 3.8) is 0 Å². The number of aryl methyl sites for hydroxylation is 2. The third kappa shape index (κ3) is 4.67. The van der Waals surface area contributed by atoms with Gasteiger partial charge in [0.15, 0.2) is 6.61 Å². The molecule has 0 N–H and O–H groups in total. The van der Waals surface area contributed by atoms with E-state index >= 15 is 0 Å². The normalized spacial score (nSPS) is 14.5. The first-order valence-electron chi connectivity index (χ1n) is 8.51. The minimum absolute atomic E-state index is 0.0370. The summed E-state index contributed by atoms with van der Waals surface area (Å²) in [5.74, 6) is 0.792. The number of hydrogen-bond donors (Lipinski definition) is 0. The van der Waals surface area contributed by atoms with E-state index in [2.05, 4.69) is 11.0 Å². The molecule has 1 heterocycles. The Kier molecular flexibility index (Phi) is 5.49. The van der Waals surface area contributed by atoms with Crippen LogP contribution in [0.4, 0.5) is 5.69 Å². The van der Waals surface area contributed by atoms with Crippen LogP contribution in [0.1, 0.15) is 11.1 Å². The zero-order valence-corrected chi connectivity index (χ0v) is 15.4. The van der Waals surface area contributed by atoms with Crippen LogP contribution >= 0.6 is 11.6 Å². The Morgan fingerprint density at radius 1 is 1.00 bits per heavy atom. The number of rotatable bonds is 4. The summed E-state index contributed by atoms with van der Waals surface area (Å²) in [6.07, 6.45) is 0. The lowest BCUT2D eigenvalue weighted by atomic mass is 10.1. The average molecular weight is 359 g/mol. The summed E-state index contributed by atoms with van der Waals surface area (Å²) in [6, 6.07) is 13.8. The standard InChI is InChI=1S/C20H23ClN2O2/c1-15-11-16(2)13-19(12-15)25-14-20(24)23-9-7-22(8-10-23)18-5-3-17(21)4-6-18/h3-6,11-13H,7-10,14H2,1-2H3. The summed E-state index contributed by atoms with van der Waals surface area (Å²) in [7, 11) is 0. The lowest BCUT2D eigenvalue weighted by molar-refractivity contribution is -0.133. The highest BCUT2D eigenvalue weighted by molar-refractivity contribution is 6.30. The average Bonchev–Trinajstić information content (AvgIpc) is 2.60. The molecule has 25 heavy (non-hydrogen) atoms. The second kappa shape index (κ2) is 7.79. The first-order chi connectivity index (χ1) is 12.0. The molecule has 0 atom stereocenters. The lowest BCUT2D eigenvalue weighted by Crippen LogP contribution is -2.50. The highest BCUT2D eigenvalue weighted by Gasteiger charge is 2.21. The summed E-state index contributed by atoms with van der Waals surface area (Å²) >= 11 is 5.93. The summed E-state index contributed by atoms with van der Waals surface area (Å²) in [5.41, 5.74) is 3.42. The van der Waals surface area contributed by atoms with Crippen LogP contribution in [-0.4, -0.2) is 43.6 Å². The van der Waals surface area contributed by atoms with Crippen LogP contribution in [0.15, 0.2) is 42.5 Å². The molecule has 5 heteroatoms. The van der Waals surface area contributed by atoms with E-state index in [9.17, 15) is 4.79 Å². The minimum atomic E-state index is 0.0370. The van der Waals surface area contributed by atoms with Crippen LogP contribution < -0.4 is 9.64 Å². The van der Waals surface area contributed by atoms with Crippen molar-refractivity contribution in [2.24, 2.45) is 0 Å². The number of halogens is 1. The van der Waals surface area contributed by atoms with Gasteiger partial charge in [-0.05, 0) is 61.4 Å². The highest BCUT2D eigenvalue weighted by Crippen LogP contribution is 2.20. The minimum Gasteiger partial charge on any atom is -0.484 e. The van der Waals surface area contributed by atoms with Crippen LogP contribution in [-0.2, 0) is 4.79 Å². The number of ether oxygens (including phenoxy) is 1. The Bertz CT molecular complexity index is 718. The maximum atomic E-state index is 12.4. The summed E-state index contributed by atoms with van der Waals surface area (Å²) < 4.78 is 5.69. The fourth-order valence-electron chi connectivity index (χ4n) is 3.12. The van der Waals surface area contributed by atoms with Crippen LogP contribution in [0.25, 0.3) is 0 Å². The second-order valence-corrected chi connectivity index (χ2v) is 6.89. The summed E-state index contributed by atoms with van der Waals surface area (Å²) in [4.78, 5) is 16.5. The Morgan fingerprint density at radius 2 is 1.60 bits per heavy atom. The number of anilines is 1. The third-order valence-corrected chi connectivity index (χ3v) is 4.63. The SMILES string of the molecule is Cc1cc(C)cc(OCC(=O)N2CCN(c3ccc(Cl)cc3)CC2)c1. The quantitative estimate of drug-likeness (QED) is 0.835. The molecule has 1 amide bonds. The highest BCUT2D eigenvalue weighted by atomic mass is 35.5. The Morgan fingerprint density at radius 3 is 2.20 bits per heavy atom. The van der Waals surface area contributed by atoms with Crippen LogP contribution in [0, 0.1) is 13.8 Å². The van der Waals surface area contributed by atoms with E-state index in [1.807, 2.05) is 55.1 Å². The van der Waals surface area contributed by atoms with E-state index in [1.165, 1.54) is 0 Å². The van der Waals surface area contributed by atoms with Gasteiger partial charge in [0.2, 0.25) is 0 Å². The van der Waals surface area contributed by atoms with Crippen molar-refractivity contribution in [2.75, 3.05) is 37.7 Å². The van der Waals surface area contributed by atoms with Gasteiger partial charge in [-0.1, -0.05) is 17.7 Å². The van der Waals surface area contributed by atoms with Gasteiger partial charge in [-0.2, -0.15) is 0 Å². The number of amides is 1. The molecule has 0 bridgehead atoms. The lowest BCUT2D eigenvalue weighted by Gasteiger charge is -2.36. The van der Waals surface area contributed by atoms with Gasteiger partial charge in [0.05, 0.1) is 0 Å². The summed E-state index contributed by atoms with van der Waals surface area (Å²) in [5, 5.41) is 0.737. The molecule has 0 spiro atoms. The largest absolute Gasteiger partial charge is 0.484 e. The van der Waals surface area contributed by atoms with Gasteiger partial charge in [0, 0.05) is 36.9 Å². The molecule has 0 saturated carbocycles. The smallest absolute Gasteiger partial charge is 0.260 e. The zero-order valence-electron chi connectivity index (χ0n) is 14.7. The first-order valence-corrected chi connectivity index (χ1v) is 8.88. The zero-order chi connectivity index (χ0) is 17.8. The molecule has 132 valence electrons. The van der Waals surface area contributed by atoms with Gasteiger partial charge in [-0.25, -0.2) is 0 Å². The van der Waals surface area contributed by atoms with Crippen molar-refractivity contribution < 1.29 is 9.53 Å². The molecule has 0 radical (unpaired) electrons. The van der Waals surface area contributed by atoms with Crippen molar-refractivity contribution in [3.05, 3.63) is 58.6 Å². The number of carbonyl (C=O) groups is 1. The maximum Gasteiger partial charge on any atom is 0.260 e. The van der Waals surface area contributed by atoms with E-state index in [0.29, 0.717) is 13.1 Å². The molecular formula is C20H23ClN2O2. The van der Waals surface area contributed by atoms with Gasteiger partial charge >= 0.3 is 0 Å². The van der Waals surface area contributed by atoms with Crippen LogP contribution in [0.3, 0.4) is 0 Å². The predicted octanol–water partition coefficient (Wildman–Crippen LogP) is 3.68. The molecule has 1 aliphatic rings. The Balaban J connectivity index is 1.50. The molecule has 4 nitrogen and oxygen atoms in total. The van der Waals surface area contributed by atoms with Crippen LogP contribution in [0.5, 0.6) is 5.75 Å². The molecule has 1 saturated heterocycles. The monoisotopic (exact) mass is 358 g/mol. The van der Waals surface area contributed by atoms with E-state index in [0.717, 1.165) is 40.7 Å². The van der Waals surface area contributed by atoms with Gasteiger partial charge in [-0.3, -0.25) is 4.79 Å².